The molecule has 0 saturated heterocycles. The molecule has 0 aromatic heterocycles. The van der Waals surface area contributed by atoms with Crippen LogP contribution < -0.4 is 5.14 Å². The van der Waals surface area contributed by atoms with E-state index in [-0.39, 0.29) is 10.8 Å². The van der Waals surface area contributed by atoms with Crippen LogP contribution >= 0.6 is 0 Å². The van der Waals surface area contributed by atoms with Gasteiger partial charge in [-0.2, -0.15) is 0 Å². The molecule has 1 aromatic rings. The zero-order valence-corrected chi connectivity index (χ0v) is 12.4. The molecule has 0 aliphatic carbocycles. The lowest BCUT2D eigenvalue weighted by Gasteiger charge is -2.26. The van der Waals surface area contributed by atoms with E-state index in [1.54, 1.807) is 17.9 Å². The molecule has 1 amide bonds. The van der Waals surface area contributed by atoms with Gasteiger partial charge in [-0.3, -0.25) is 4.79 Å². The van der Waals surface area contributed by atoms with Gasteiger partial charge in [-0.25, -0.2) is 13.6 Å². The summed E-state index contributed by atoms with van der Waals surface area (Å²) >= 11 is 0. The smallest absolute Gasteiger partial charge is 0.254 e. The topological polar surface area (TPSA) is 80.5 Å². The van der Waals surface area contributed by atoms with Crippen molar-refractivity contribution in [2.45, 2.75) is 25.2 Å². The van der Waals surface area contributed by atoms with Gasteiger partial charge >= 0.3 is 0 Å². The number of nitrogens with two attached hydrogens (primary N) is 1. The Morgan fingerprint density at radius 2 is 2.00 bits per heavy atom. The van der Waals surface area contributed by atoms with Gasteiger partial charge in [0.1, 0.15) is 0 Å². The molecule has 1 aliphatic rings. The van der Waals surface area contributed by atoms with Gasteiger partial charge in [0.05, 0.1) is 4.90 Å². The van der Waals surface area contributed by atoms with Gasteiger partial charge in [0, 0.05) is 18.7 Å². The average molecular weight is 294 g/mol. The van der Waals surface area contributed by atoms with Crippen molar-refractivity contribution in [3.8, 4) is 0 Å². The third-order valence-corrected chi connectivity index (χ3v) is 4.40. The molecule has 108 valence electrons. The number of hydrogen-bond acceptors (Lipinski definition) is 3. The van der Waals surface area contributed by atoms with Gasteiger partial charge in [-0.15, -0.1) is 0 Å². The van der Waals surface area contributed by atoms with Crippen LogP contribution in [-0.4, -0.2) is 32.3 Å². The molecule has 0 radical (unpaired) electrons. The van der Waals surface area contributed by atoms with Gasteiger partial charge in [-0.05, 0) is 38.0 Å². The molecule has 0 spiro atoms. The van der Waals surface area contributed by atoms with Crippen molar-refractivity contribution < 1.29 is 13.2 Å². The van der Waals surface area contributed by atoms with Crippen molar-refractivity contribution in [2.75, 3.05) is 13.1 Å². The number of nitrogens with zero attached hydrogens (tertiary/aromatic N) is 1. The van der Waals surface area contributed by atoms with E-state index in [2.05, 4.69) is 0 Å². The number of hydrogen-bond donors (Lipinski definition) is 1. The van der Waals surface area contributed by atoms with E-state index in [0.29, 0.717) is 18.7 Å². The van der Waals surface area contributed by atoms with Gasteiger partial charge < -0.3 is 4.90 Å². The molecule has 2 N–H and O–H groups in total. The second-order valence-electron chi connectivity index (χ2n) is 5.07. The number of primary sulfonamides is 1. The number of aryl methyl sites for hydroxylation is 1. The van der Waals surface area contributed by atoms with E-state index >= 15 is 0 Å². The first-order valence-corrected chi connectivity index (χ1v) is 7.92. The Hall–Kier alpha value is -1.66. The van der Waals surface area contributed by atoms with Crippen molar-refractivity contribution in [3.63, 3.8) is 0 Å². The van der Waals surface area contributed by atoms with Crippen LogP contribution in [0.5, 0.6) is 0 Å². The minimum absolute atomic E-state index is 0.0322. The van der Waals surface area contributed by atoms with E-state index in [9.17, 15) is 13.2 Å². The average Bonchev–Trinajstić information content (AvgIpc) is 2.38. The summed E-state index contributed by atoms with van der Waals surface area (Å²) in [5.41, 5.74) is 2.40. The molecule has 6 heteroatoms. The molecular formula is C14H18N2O3S. The molecule has 0 atom stereocenters. The number of rotatable bonds is 2. The van der Waals surface area contributed by atoms with Crippen LogP contribution in [-0.2, 0) is 10.0 Å². The number of amides is 1. The summed E-state index contributed by atoms with van der Waals surface area (Å²) in [6.07, 6.45) is 2.86. The summed E-state index contributed by atoms with van der Waals surface area (Å²) in [7, 11) is -3.80. The number of carbonyl (C=O) groups excluding carboxylic acids is 1. The van der Waals surface area contributed by atoms with Gasteiger partial charge in [0.15, 0.2) is 0 Å². The fraction of sp³-hybridized carbons (Fsp3) is 0.357. The quantitative estimate of drug-likeness (QED) is 0.838. The Balaban J connectivity index is 2.35. The van der Waals surface area contributed by atoms with Gasteiger partial charge in [-0.1, -0.05) is 17.7 Å². The number of carbonyl (C=O) groups is 1. The molecule has 0 saturated carbocycles. The lowest BCUT2D eigenvalue weighted by molar-refractivity contribution is 0.0768. The molecular weight excluding hydrogens is 276 g/mol. The number of sulfonamides is 1. The molecule has 20 heavy (non-hydrogen) atoms. The summed E-state index contributed by atoms with van der Waals surface area (Å²) in [5.74, 6) is -0.156. The Labute approximate surface area is 119 Å². The van der Waals surface area contributed by atoms with Crippen LogP contribution in [0.1, 0.15) is 29.3 Å². The summed E-state index contributed by atoms with van der Waals surface area (Å²) in [6.45, 7) is 5.03. The summed E-state index contributed by atoms with van der Waals surface area (Å²) in [5, 5.41) is 5.11. The van der Waals surface area contributed by atoms with Crippen molar-refractivity contribution in [1.82, 2.24) is 4.90 Å². The highest BCUT2D eigenvalue weighted by atomic mass is 32.2. The number of benzene rings is 1. The van der Waals surface area contributed by atoms with Crippen LogP contribution in [0, 0.1) is 6.92 Å². The Morgan fingerprint density at radius 3 is 2.55 bits per heavy atom. The molecule has 5 nitrogen and oxygen atoms in total. The predicted octanol–water partition coefficient (Wildman–Crippen LogP) is 1.43. The summed E-state index contributed by atoms with van der Waals surface area (Å²) < 4.78 is 22.8. The van der Waals surface area contributed by atoms with Crippen LogP contribution in [0.15, 0.2) is 34.7 Å². The van der Waals surface area contributed by atoms with E-state index in [4.69, 9.17) is 5.14 Å². The van der Waals surface area contributed by atoms with Gasteiger partial charge in [0.2, 0.25) is 10.0 Å². The summed E-state index contributed by atoms with van der Waals surface area (Å²) in [4.78, 5) is 14.1. The van der Waals surface area contributed by atoms with Crippen LogP contribution in [0.4, 0.5) is 0 Å². The highest BCUT2D eigenvalue weighted by Crippen LogP contribution is 2.19. The maximum Gasteiger partial charge on any atom is 0.254 e. The Bertz CT molecular complexity index is 678. The maximum atomic E-state index is 12.5. The molecule has 2 rings (SSSR count). The van der Waals surface area contributed by atoms with E-state index in [1.165, 1.54) is 17.7 Å². The first kappa shape index (κ1) is 14.7. The lowest BCUT2D eigenvalue weighted by atomic mass is 10.1. The van der Waals surface area contributed by atoms with E-state index < -0.39 is 10.0 Å². The largest absolute Gasteiger partial charge is 0.335 e. The molecule has 0 bridgehead atoms. The molecule has 1 aromatic carbocycles. The second kappa shape index (κ2) is 5.38. The SMILES string of the molecule is CC1=CCN(C(=O)c2cc(S(N)(=O)=O)ccc2C)CC1. The standard InChI is InChI=1S/C14H18N2O3S/c1-10-5-7-16(8-6-10)14(17)13-9-12(20(15,18)19)4-3-11(13)2/h3-5,9H,6-8H2,1-2H3,(H2,15,18,19). The maximum absolute atomic E-state index is 12.5. The second-order valence-corrected chi connectivity index (χ2v) is 6.63. The van der Waals surface area contributed by atoms with Crippen molar-refractivity contribution in [2.24, 2.45) is 5.14 Å². The highest BCUT2D eigenvalue weighted by molar-refractivity contribution is 7.89. The lowest BCUT2D eigenvalue weighted by Crippen LogP contribution is -2.35. The fourth-order valence-electron chi connectivity index (χ4n) is 2.13. The highest BCUT2D eigenvalue weighted by Gasteiger charge is 2.21. The van der Waals surface area contributed by atoms with Crippen molar-refractivity contribution in [3.05, 3.63) is 41.0 Å². The van der Waals surface area contributed by atoms with Crippen LogP contribution in [0.25, 0.3) is 0 Å². The zero-order valence-electron chi connectivity index (χ0n) is 11.6. The minimum Gasteiger partial charge on any atom is -0.335 e. The van der Waals surface area contributed by atoms with E-state index in [0.717, 1.165) is 12.0 Å². The Morgan fingerprint density at radius 1 is 1.30 bits per heavy atom. The predicted molar refractivity (Wildman–Crippen MR) is 76.8 cm³/mol. The van der Waals surface area contributed by atoms with Crippen LogP contribution in [0.2, 0.25) is 0 Å². The summed E-state index contributed by atoms with van der Waals surface area (Å²) in [6, 6.07) is 4.39. The van der Waals surface area contributed by atoms with Crippen molar-refractivity contribution >= 4 is 15.9 Å². The van der Waals surface area contributed by atoms with Crippen molar-refractivity contribution in [1.29, 1.82) is 0 Å². The van der Waals surface area contributed by atoms with Crippen LogP contribution in [0.3, 0.4) is 0 Å². The molecule has 0 unspecified atom stereocenters. The van der Waals surface area contributed by atoms with E-state index in [1.807, 2.05) is 13.0 Å². The third-order valence-electron chi connectivity index (χ3n) is 3.49. The molecule has 1 heterocycles. The monoisotopic (exact) mass is 294 g/mol. The fourth-order valence-corrected chi connectivity index (χ4v) is 2.67. The molecule has 0 fully saturated rings. The Kier molecular flexibility index (Phi) is 3.96. The first-order valence-electron chi connectivity index (χ1n) is 6.37. The zero-order chi connectivity index (χ0) is 14.9. The van der Waals surface area contributed by atoms with Gasteiger partial charge in [0.25, 0.3) is 5.91 Å². The minimum atomic E-state index is -3.80. The normalized spacial score (nSPS) is 15.9. The first-order chi connectivity index (χ1) is 9.29. The third kappa shape index (κ3) is 3.08. The molecule has 1 aliphatic heterocycles.